The van der Waals surface area contributed by atoms with E-state index in [-0.39, 0.29) is 24.7 Å². The normalized spacial score (nSPS) is 53.8. The SMILES string of the molecule is CO[C@@H]1[C@@H](O)[C@H](O[C@@H]2[C@@H](O)[C@H](O[C@H]3[C@H](O)[C@@H](O)[C@H](O[C@H]4[C@H](O[C@H]5CC[C@]6(C)C7=C[C@H](O)[C@]89C(=O)O[C@@](C)(CCC=C(C)C)[C@@]8(O)[C@@H](O)C[C@@]9(C)[C@@H]7CC[C@H]6C5(C)C)OC[C@@H](O[C@@H]5O[C@H](CO)[C@@H](O)[C@H](O)[C@H]5O)[C@@H]4O)O[C@@H]3C)O[C@H](CO)[C@H]2O)O[C@H](CO)[C@H]1O. The summed E-state index contributed by atoms with van der Waals surface area (Å²) in [5, 5.41) is 180. The van der Waals surface area contributed by atoms with Crippen molar-refractivity contribution in [1.29, 1.82) is 0 Å². The summed E-state index contributed by atoms with van der Waals surface area (Å²) < 4.78 is 71.9. The minimum absolute atomic E-state index is 0.0307. The van der Waals surface area contributed by atoms with Gasteiger partial charge in [0.05, 0.1) is 50.8 Å². The highest BCUT2D eigenvalue weighted by molar-refractivity contribution is 5.87. The number of ether oxygens (including phenoxy) is 12. The van der Waals surface area contributed by atoms with E-state index in [1.54, 1.807) is 13.0 Å². The van der Waals surface area contributed by atoms with Crippen LogP contribution in [0.2, 0.25) is 0 Å². The quantitative estimate of drug-likeness (QED) is 0.0371. The van der Waals surface area contributed by atoms with E-state index in [0.29, 0.717) is 32.1 Å². The van der Waals surface area contributed by atoms with E-state index in [1.165, 1.54) is 14.0 Å². The second-order valence-electron chi connectivity index (χ2n) is 28.0. The van der Waals surface area contributed by atoms with E-state index in [2.05, 4.69) is 6.92 Å². The predicted molar refractivity (Wildman–Crippen MR) is 297 cm³/mol. The Labute approximate surface area is 515 Å². The number of carbonyl (C=O) groups is 1. The first-order chi connectivity index (χ1) is 41.8. The molecule has 4 aliphatic carbocycles. The third kappa shape index (κ3) is 11.0. The highest BCUT2D eigenvalue weighted by Gasteiger charge is 2.88. The largest absolute Gasteiger partial charge is 0.456 e. The van der Waals surface area contributed by atoms with Gasteiger partial charge in [-0.15, -0.1) is 0 Å². The first-order valence-electron chi connectivity index (χ1n) is 31.1. The van der Waals surface area contributed by atoms with Crippen molar-refractivity contribution in [2.75, 3.05) is 33.5 Å². The molecule has 0 radical (unpaired) electrons. The molecule has 6 aliphatic heterocycles. The molecule has 510 valence electrons. The number of allylic oxidation sites excluding steroid dienone is 3. The summed E-state index contributed by atoms with van der Waals surface area (Å²) in [5.41, 5.74) is -6.14. The van der Waals surface area contributed by atoms with Crippen LogP contribution in [0.1, 0.15) is 100 Å². The Balaban J connectivity index is 0.882. The Kier molecular flexibility index (Phi) is 20.2. The molecular formula is C60H96O29. The molecule has 6 saturated heterocycles. The molecule has 16 N–H and O–H groups in total. The van der Waals surface area contributed by atoms with Gasteiger partial charge in [0.2, 0.25) is 0 Å². The number of hydrogen-bond acceptors (Lipinski definition) is 29. The minimum atomic E-state index is -2.13. The maximum Gasteiger partial charge on any atom is 0.319 e. The first kappa shape index (κ1) is 69.7. The van der Waals surface area contributed by atoms with E-state index >= 15 is 0 Å². The number of methoxy groups -OCH3 is 1. The third-order valence-corrected chi connectivity index (χ3v) is 22.4. The van der Waals surface area contributed by atoms with E-state index in [9.17, 15) is 86.5 Å². The lowest BCUT2D eigenvalue weighted by molar-refractivity contribution is -0.394. The number of aliphatic hydroxyl groups excluding tert-OH is 15. The Hall–Kier alpha value is -2.13. The van der Waals surface area contributed by atoms with Gasteiger partial charge in [-0.1, -0.05) is 51.0 Å². The molecule has 1 spiro atoms. The van der Waals surface area contributed by atoms with Crippen LogP contribution in [0.3, 0.4) is 0 Å². The zero-order valence-electron chi connectivity index (χ0n) is 51.6. The van der Waals surface area contributed by atoms with Crippen LogP contribution in [0.25, 0.3) is 0 Å². The summed E-state index contributed by atoms with van der Waals surface area (Å²) in [7, 11) is 1.18. The second kappa shape index (κ2) is 25.8. The van der Waals surface area contributed by atoms with Crippen LogP contribution in [0.4, 0.5) is 0 Å². The smallest absolute Gasteiger partial charge is 0.319 e. The number of cyclic esters (lactones) is 1. The maximum atomic E-state index is 14.6. The van der Waals surface area contributed by atoms with Crippen LogP contribution in [0.15, 0.2) is 23.3 Å². The van der Waals surface area contributed by atoms with E-state index in [0.717, 1.165) is 11.1 Å². The molecule has 89 heavy (non-hydrogen) atoms. The highest BCUT2D eigenvalue weighted by atomic mass is 16.8. The summed E-state index contributed by atoms with van der Waals surface area (Å²) in [6.07, 6.45) is -37.9. The highest BCUT2D eigenvalue weighted by Crippen LogP contribution is 2.77. The average Bonchev–Trinajstić information content (AvgIpc) is 1.49. The fraction of sp³-hybridized carbons (Fsp3) is 0.917. The zero-order valence-corrected chi connectivity index (χ0v) is 51.6. The van der Waals surface area contributed by atoms with Crippen LogP contribution in [-0.2, 0) is 61.6 Å². The average molecular weight is 1280 g/mol. The van der Waals surface area contributed by atoms with Gasteiger partial charge in [-0.3, -0.25) is 4.79 Å². The van der Waals surface area contributed by atoms with E-state index in [4.69, 9.17) is 56.8 Å². The number of aliphatic hydroxyl groups is 16. The van der Waals surface area contributed by atoms with Crippen molar-refractivity contribution in [2.24, 2.45) is 33.5 Å². The summed E-state index contributed by atoms with van der Waals surface area (Å²) >= 11 is 0. The monoisotopic (exact) mass is 1280 g/mol. The number of fused-ring (bicyclic) bond motifs is 4. The van der Waals surface area contributed by atoms with Crippen molar-refractivity contribution in [1.82, 2.24) is 0 Å². The molecule has 29 heteroatoms. The first-order valence-corrected chi connectivity index (χ1v) is 31.1. The molecule has 10 aliphatic rings. The number of rotatable bonds is 17. The lowest BCUT2D eigenvalue weighted by Crippen LogP contribution is -2.69. The van der Waals surface area contributed by atoms with Crippen LogP contribution in [-0.4, -0.2) is 298 Å². The predicted octanol–water partition coefficient (Wildman–Crippen LogP) is -4.51. The fourth-order valence-corrected chi connectivity index (χ4v) is 17.6. The van der Waals surface area contributed by atoms with Crippen molar-refractivity contribution in [3.8, 4) is 0 Å². The summed E-state index contributed by atoms with van der Waals surface area (Å²) in [6, 6.07) is 0. The maximum absolute atomic E-state index is 14.6. The lowest BCUT2D eigenvalue weighted by atomic mass is 9.40. The molecule has 6 heterocycles. The topological polar surface area (TPSA) is 452 Å². The van der Waals surface area contributed by atoms with Gasteiger partial charge in [-0.25, -0.2) is 0 Å². The van der Waals surface area contributed by atoms with E-state index in [1.807, 2.05) is 40.7 Å². The molecule has 9 fully saturated rings. The molecule has 0 bridgehead atoms. The van der Waals surface area contributed by atoms with Gasteiger partial charge < -0.3 is 139 Å². The summed E-state index contributed by atoms with van der Waals surface area (Å²) in [6.45, 7) is 12.1. The molecule has 3 saturated carbocycles. The molecule has 0 amide bonds. The van der Waals surface area contributed by atoms with Crippen molar-refractivity contribution in [3.05, 3.63) is 23.3 Å². The van der Waals surface area contributed by atoms with Crippen molar-refractivity contribution in [2.45, 2.75) is 277 Å². The van der Waals surface area contributed by atoms with Gasteiger partial charge in [-0.2, -0.15) is 0 Å². The number of carbonyl (C=O) groups excluding carboxylic acids is 1. The van der Waals surface area contributed by atoms with Crippen molar-refractivity contribution >= 4 is 5.97 Å². The van der Waals surface area contributed by atoms with Gasteiger partial charge in [0.15, 0.2) is 31.5 Å². The minimum Gasteiger partial charge on any atom is -0.456 e. The fourth-order valence-electron chi connectivity index (χ4n) is 17.6. The van der Waals surface area contributed by atoms with Gasteiger partial charge in [0.25, 0.3) is 0 Å². The molecular weight excluding hydrogens is 1180 g/mol. The number of esters is 1. The van der Waals surface area contributed by atoms with Crippen LogP contribution in [0.5, 0.6) is 0 Å². The van der Waals surface area contributed by atoms with E-state index < -0.39 is 231 Å². The Morgan fingerprint density at radius 1 is 0.618 bits per heavy atom. The molecule has 0 aromatic heterocycles. The molecule has 34 atom stereocenters. The Bertz CT molecular complexity index is 2540. The Morgan fingerprint density at radius 3 is 1.78 bits per heavy atom. The van der Waals surface area contributed by atoms with Crippen molar-refractivity contribution < 1.29 is 143 Å². The standard InChI is InChI=1S/C60H96O29/c1-23(2)11-10-15-58(8)60(77)33(65)18-57(7)25-12-13-31-55(4,5)34(14-16-56(31,6)26(25)17-32(64)59(57,60)54(76)89-58)85-53-48(38(69)30(22-79-53)84-50-41(72)39(70)35(66)27(19-61)81-50)88-49-42(73)40(71)45(24(3)80-49)86-52-44(75)47(37(68)29(21-63)83-52)87-51-43(74)46(78-9)36(67)28(20-62)82-51/h11,17,24-25,27-53,61-75,77H,10,12-16,18-22H2,1-9H3/t24-,25-,27-,28-,29-,30-,31+,32+,33+,34+,35-,36-,37-,38+,39+,40-,41-,42-,43-,44-,45-,46+,47+,48-,49+,50+,51+,52+,53+,56-,57+,58+,59-,60+/m1/s1. The second-order valence-corrected chi connectivity index (χ2v) is 28.0. The van der Waals surface area contributed by atoms with Crippen molar-refractivity contribution in [3.63, 3.8) is 0 Å². The van der Waals surface area contributed by atoms with Gasteiger partial charge in [0.1, 0.15) is 126 Å². The van der Waals surface area contributed by atoms with Gasteiger partial charge >= 0.3 is 5.97 Å². The molecule has 0 aromatic carbocycles. The van der Waals surface area contributed by atoms with Crippen LogP contribution >= 0.6 is 0 Å². The lowest BCUT2D eigenvalue weighted by Gasteiger charge is -2.64. The summed E-state index contributed by atoms with van der Waals surface area (Å²) in [4.78, 5) is 14.6. The summed E-state index contributed by atoms with van der Waals surface area (Å²) in [5.74, 6) is -1.30. The molecule has 0 unspecified atom stereocenters. The van der Waals surface area contributed by atoms with Crippen LogP contribution < -0.4 is 0 Å². The van der Waals surface area contributed by atoms with Gasteiger partial charge in [0, 0.05) is 7.11 Å². The number of hydrogen-bond donors (Lipinski definition) is 16. The van der Waals surface area contributed by atoms with Gasteiger partial charge in [-0.05, 0) is 101 Å². The third-order valence-electron chi connectivity index (χ3n) is 22.4. The zero-order chi connectivity index (χ0) is 65.2. The Morgan fingerprint density at radius 2 is 1.17 bits per heavy atom. The van der Waals surface area contributed by atoms with Crippen LogP contribution in [0, 0.1) is 33.5 Å². The molecule has 0 aromatic rings. The molecule has 10 rings (SSSR count). The molecule has 29 nitrogen and oxygen atoms in total.